The SMILES string of the molecule is CCNC1CCN(C(=O)c2cccc(C)c2C)CC1C. The van der Waals surface area contributed by atoms with Crippen molar-refractivity contribution in [1.29, 1.82) is 0 Å². The summed E-state index contributed by atoms with van der Waals surface area (Å²) in [5.74, 6) is 0.700. The first-order valence-electron chi connectivity index (χ1n) is 7.63. The number of aryl methyl sites for hydroxylation is 1. The van der Waals surface area contributed by atoms with Crippen LogP contribution in [0.15, 0.2) is 18.2 Å². The normalized spacial score (nSPS) is 22.9. The molecule has 110 valence electrons. The summed E-state index contributed by atoms with van der Waals surface area (Å²) in [6, 6.07) is 6.53. The van der Waals surface area contributed by atoms with E-state index in [1.54, 1.807) is 0 Å². The summed E-state index contributed by atoms with van der Waals surface area (Å²) in [6.07, 6.45) is 1.05. The lowest BCUT2D eigenvalue weighted by Crippen LogP contribution is -2.50. The third-order valence-corrected chi connectivity index (χ3v) is 4.49. The van der Waals surface area contributed by atoms with Crippen molar-refractivity contribution in [2.24, 2.45) is 5.92 Å². The molecule has 3 heteroatoms. The van der Waals surface area contributed by atoms with E-state index in [2.05, 4.69) is 32.2 Å². The molecule has 2 rings (SSSR count). The summed E-state index contributed by atoms with van der Waals surface area (Å²) in [6.45, 7) is 11.2. The molecule has 1 amide bonds. The van der Waals surface area contributed by atoms with Gasteiger partial charge >= 0.3 is 0 Å². The van der Waals surface area contributed by atoms with E-state index in [9.17, 15) is 4.79 Å². The van der Waals surface area contributed by atoms with E-state index in [4.69, 9.17) is 0 Å². The largest absolute Gasteiger partial charge is 0.338 e. The number of rotatable bonds is 3. The van der Waals surface area contributed by atoms with Crippen molar-refractivity contribution in [2.75, 3.05) is 19.6 Å². The van der Waals surface area contributed by atoms with E-state index in [1.807, 2.05) is 24.0 Å². The highest BCUT2D eigenvalue weighted by atomic mass is 16.2. The van der Waals surface area contributed by atoms with E-state index in [0.29, 0.717) is 12.0 Å². The maximum absolute atomic E-state index is 12.7. The molecule has 1 aliphatic heterocycles. The molecule has 2 unspecified atom stereocenters. The summed E-state index contributed by atoms with van der Waals surface area (Å²) in [4.78, 5) is 14.7. The van der Waals surface area contributed by atoms with Crippen LogP contribution in [-0.2, 0) is 0 Å². The lowest BCUT2D eigenvalue weighted by Gasteiger charge is -2.37. The van der Waals surface area contributed by atoms with Crippen molar-refractivity contribution in [1.82, 2.24) is 10.2 Å². The van der Waals surface area contributed by atoms with Crippen LogP contribution in [0.25, 0.3) is 0 Å². The van der Waals surface area contributed by atoms with Crippen LogP contribution < -0.4 is 5.32 Å². The van der Waals surface area contributed by atoms with Gasteiger partial charge in [0.05, 0.1) is 0 Å². The zero-order chi connectivity index (χ0) is 14.7. The van der Waals surface area contributed by atoms with Gasteiger partial charge in [0, 0.05) is 24.7 Å². The van der Waals surface area contributed by atoms with Gasteiger partial charge in [-0.2, -0.15) is 0 Å². The van der Waals surface area contributed by atoms with Crippen molar-refractivity contribution in [3.63, 3.8) is 0 Å². The Morgan fingerprint density at radius 3 is 2.80 bits per heavy atom. The van der Waals surface area contributed by atoms with Gasteiger partial charge in [-0.1, -0.05) is 26.0 Å². The zero-order valence-electron chi connectivity index (χ0n) is 13.1. The van der Waals surface area contributed by atoms with Crippen LogP contribution in [0.4, 0.5) is 0 Å². The number of carbonyl (C=O) groups is 1. The van der Waals surface area contributed by atoms with Gasteiger partial charge in [-0.3, -0.25) is 4.79 Å². The number of piperidine rings is 1. The fourth-order valence-corrected chi connectivity index (χ4v) is 3.05. The highest BCUT2D eigenvalue weighted by molar-refractivity contribution is 5.96. The summed E-state index contributed by atoms with van der Waals surface area (Å²) in [7, 11) is 0. The molecule has 1 aliphatic rings. The third-order valence-electron chi connectivity index (χ3n) is 4.49. The average Bonchev–Trinajstić information content (AvgIpc) is 2.43. The molecule has 20 heavy (non-hydrogen) atoms. The first kappa shape index (κ1) is 15.0. The third kappa shape index (κ3) is 3.04. The number of nitrogens with one attached hydrogen (secondary N) is 1. The number of benzene rings is 1. The molecule has 0 aromatic heterocycles. The summed E-state index contributed by atoms with van der Waals surface area (Å²) >= 11 is 0. The van der Waals surface area contributed by atoms with Gasteiger partial charge in [0.25, 0.3) is 5.91 Å². The van der Waals surface area contributed by atoms with Crippen LogP contribution in [0.2, 0.25) is 0 Å². The zero-order valence-corrected chi connectivity index (χ0v) is 13.1. The molecular weight excluding hydrogens is 248 g/mol. The molecule has 3 nitrogen and oxygen atoms in total. The van der Waals surface area contributed by atoms with Crippen molar-refractivity contribution in [3.05, 3.63) is 34.9 Å². The predicted octanol–water partition coefficient (Wildman–Crippen LogP) is 2.76. The molecule has 1 aromatic carbocycles. The summed E-state index contributed by atoms with van der Waals surface area (Å²) in [5, 5.41) is 3.52. The topological polar surface area (TPSA) is 32.3 Å². The Balaban J connectivity index is 2.09. The van der Waals surface area contributed by atoms with Gasteiger partial charge in [-0.05, 0) is 49.9 Å². The average molecular weight is 274 g/mol. The van der Waals surface area contributed by atoms with Crippen LogP contribution in [-0.4, -0.2) is 36.5 Å². The number of hydrogen-bond acceptors (Lipinski definition) is 2. The highest BCUT2D eigenvalue weighted by Crippen LogP contribution is 2.21. The van der Waals surface area contributed by atoms with Crippen LogP contribution in [0, 0.1) is 19.8 Å². The minimum atomic E-state index is 0.188. The minimum absolute atomic E-state index is 0.188. The monoisotopic (exact) mass is 274 g/mol. The van der Waals surface area contributed by atoms with Gasteiger partial charge in [0.15, 0.2) is 0 Å². The molecule has 1 fully saturated rings. The fourth-order valence-electron chi connectivity index (χ4n) is 3.05. The second-order valence-electron chi connectivity index (χ2n) is 5.93. The Morgan fingerprint density at radius 1 is 1.40 bits per heavy atom. The van der Waals surface area contributed by atoms with Crippen molar-refractivity contribution >= 4 is 5.91 Å². The van der Waals surface area contributed by atoms with Gasteiger partial charge in [-0.25, -0.2) is 0 Å². The van der Waals surface area contributed by atoms with Gasteiger partial charge in [0.1, 0.15) is 0 Å². The fraction of sp³-hybridized carbons (Fsp3) is 0.588. The number of nitrogens with zero attached hydrogens (tertiary/aromatic N) is 1. The molecule has 1 N–H and O–H groups in total. The van der Waals surface area contributed by atoms with Crippen LogP contribution in [0.5, 0.6) is 0 Å². The Labute approximate surface area is 122 Å². The smallest absolute Gasteiger partial charge is 0.254 e. The molecule has 0 saturated carbocycles. The number of hydrogen-bond donors (Lipinski definition) is 1. The lowest BCUT2D eigenvalue weighted by molar-refractivity contribution is 0.0645. The van der Waals surface area contributed by atoms with E-state index < -0.39 is 0 Å². The van der Waals surface area contributed by atoms with Gasteiger partial charge < -0.3 is 10.2 Å². The van der Waals surface area contributed by atoms with Gasteiger partial charge in [0.2, 0.25) is 0 Å². The molecular formula is C17H26N2O. The Morgan fingerprint density at radius 2 is 2.15 bits per heavy atom. The molecule has 1 aromatic rings. The van der Waals surface area contributed by atoms with Crippen LogP contribution in [0.3, 0.4) is 0 Å². The van der Waals surface area contributed by atoms with E-state index in [1.165, 1.54) is 5.56 Å². The maximum atomic E-state index is 12.7. The molecule has 1 saturated heterocycles. The van der Waals surface area contributed by atoms with Gasteiger partial charge in [-0.15, -0.1) is 0 Å². The Kier molecular flexibility index (Phi) is 4.81. The second kappa shape index (κ2) is 6.40. The summed E-state index contributed by atoms with van der Waals surface area (Å²) in [5.41, 5.74) is 3.16. The van der Waals surface area contributed by atoms with Crippen molar-refractivity contribution < 1.29 is 4.79 Å². The quantitative estimate of drug-likeness (QED) is 0.919. The number of amides is 1. The number of likely N-dealkylation sites (tertiary alicyclic amines) is 1. The summed E-state index contributed by atoms with van der Waals surface area (Å²) < 4.78 is 0. The molecule has 0 spiro atoms. The van der Waals surface area contributed by atoms with Crippen molar-refractivity contribution in [2.45, 2.75) is 40.2 Å². The predicted molar refractivity (Wildman–Crippen MR) is 83.1 cm³/mol. The van der Waals surface area contributed by atoms with E-state index >= 15 is 0 Å². The lowest BCUT2D eigenvalue weighted by atomic mass is 9.92. The Bertz CT molecular complexity index is 484. The molecule has 0 aliphatic carbocycles. The first-order chi connectivity index (χ1) is 9.54. The molecule has 0 radical (unpaired) electrons. The van der Waals surface area contributed by atoms with E-state index in [-0.39, 0.29) is 5.91 Å². The number of carbonyl (C=O) groups excluding carboxylic acids is 1. The van der Waals surface area contributed by atoms with Crippen LogP contribution in [0.1, 0.15) is 41.8 Å². The second-order valence-corrected chi connectivity index (χ2v) is 5.93. The highest BCUT2D eigenvalue weighted by Gasteiger charge is 2.29. The first-order valence-corrected chi connectivity index (χ1v) is 7.63. The molecule has 0 bridgehead atoms. The standard InChI is InChI=1S/C17H26N2O/c1-5-18-16-9-10-19(11-13(16)3)17(20)15-8-6-7-12(2)14(15)4/h6-8,13,16,18H,5,9-11H2,1-4H3. The van der Waals surface area contributed by atoms with E-state index in [0.717, 1.165) is 37.2 Å². The Hall–Kier alpha value is -1.35. The maximum Gasteiger partial charge on any atom is 0.254 e. The van der Waals surface area contributed by atoms with Crippen LogP contribution >= 0.6 is 0 Å². The molecule has 2 atom stereocenters. The minimum Gasteiger partial charge on any atom is -0.338 e. The van der Waals surface area contributed by atoms with Crippen molar-refractivity contribution in [3.8, 4) is 0 Å². The molecule has 1 heterocycles.